The highest BCUT2D eigenvalue weighted by molar-refractivity contribution is 6.31. The minimum atomic E-state index is 0.484. The van der Waals surface area contributed by atoms with Gasteiger partial charge in [0.25, 0.3) is 0 Å². The van der Waals surface area contributed by atoms with E-state index in [0.29, 0.717) is 30.7 Å². The molecule has 2 nitrogen and oxygen atoms in total. The van der Waals surface area contributed by atoms with Crippen LogP contribution in [0.25, 0.3) is 11.1 Å². The van der Waals surface area contributed by atoms with Crippen LogP contribution in [0.4, 0.5) is 0 Å². The molecule has 0 aliphatic heterocycles. The second kappa shape index (κ2) is 8.15. The summed E-state index contributed by atoms with van der Waals surface area (Å²) >= 11 is 11.6. The Bertz CT molecular complexity index is 529. The molecule has 0 atom stereocenters. The predicted molar refractivity (Wildman–Crippen MR) is 83.9 cm³/mol. The summed E-state index contributed by atoms with van der Waals surface area (Å²) in [6, 6.07) is 15.6. The third kappa shape index (κ3) is 4.41. The van der Waals surface area contributed by atoms with Gasteiger partial charge in [-0.3, -0.25) is 0 Å². The van der Waals surface area contributed by atoms with Crippen LogP contribution < -0.4 is 4.74 Å². The molecule has 0 radical (unpaired) electrons. The number of rotatable bonds is 7. The van der Waals surface area contributed by atoms with Gasteiger partial charge in [-0.2, -0.15) is 0 Å². The third-order valence-corrected chi connectivity index (χ3v) is 3.12. The van der Waals surface area contributed by atoms with Gasteiger partial charge >= 0.3 is 0 Å². The fraction of sp³-hybridized carbons (Fsp3) is 0.250. The molecule has 4 heteroatoms. The molecule has 2 aromatic rings. The summed E-state index contributed by atoms with van der Waals surface area (Å²) in [6.07, 6.45) is 0. The third-order valence-electron chi connectivity index (χ3n) is 2.73. The molecule has 20 heavy (non-hydrogen) atoms. The lowest BCUT2D eigenvalue weighted by Gasteiger charge is -2.12. The van der Waals surface area contributed by atoms with Crippen molar-refractivity contribution >= 4 is 23.2 Å². The molecule has 0 heterocycles. The summed E-state index contributed by atoms with van der Waals surface area (Å²) in [5.41, 5.74) is 2.06. The lowest BCUT2D eigenvalue weighted by Crippen LogP contribution is -2.08. The van der Waals surface area contributed by atoms with Gasteiger partial charge in [-0.25, -0.2) is 0 Å². The maximum absolute atomic E-state index is 6.07. The van der Waals surface area contributed by atoms with Crippen LogP contribution in [0.15, 0.2) is 48.5 Å². The molecular weight excluding hydrogens is 295 g/mol. The molecule has 0 bridgehead atoms. The molecule has 0 aromatic heterocycles. The van der Waals surface area contributed by atoms with Gasteiger partial charge in [0, 0.05) is 16.5 Å². The van der Waals surface area contributed by atoms with Gasteiger partial charge in [0.2, 0.25) is 0 Å². The molecule has 2 aromatic carbocycles. The predicted octanol–water partition coefficient (Wildman–Crippen LogP) is 4.64. The zero-order chi connectivity index (χ0) is 14.2. The normalized spacial score (nSPS) is 10.5. The Balaban J connectivity index is 2.09. The summed E-state index contributed by atoms with van der Waals surface area (Å²) < 4.78 is 11.1. The number of hydrogen-bond donors (Lipinski definition) is 0. The Morgan fingerprint density at radius 1 is 0.900 bits per heavy atom. The van der Waals surface area contributed by atoms with Gasteiger partial charge in [-0.15, -0.1) is 11.6 Å². The number of halogens is 2. The van der Waals surface area contributed by atoms with Crippen LogP contribution >= 0.6 is 23.2 Å². The summed E-state index contributed by atoms with van der Waals surface area (Å²) in [4.78, 5) is 0. The lowest BCUT2D eigenvalue weighted by molar-refractivity contribution is 0.111. The Morgan fingerprint density at radius 3 is 2.45 bits per heavy atom. The van der Waals surface area contributed by atoms with Gasteiger partial charge in [0.15, 0.2) is 0 Å². The zero-order valence-electron chi connectivity index (χ0n) is 11.0. The molecule has 0 aliphatic rings. The molecule has 0 fully saturated rings. The van der Waals surface area contributed by atoms with Gasteiger partial charge in [-0.1, -0.05) is 41.9 Å². The van der Waals surface area contributed by atoms with Crippen molar-refractivity contribution in [3.63, 3.8) is 0 Å². The highest BCUT2D eigenvalue weighted by Gasteiger charge is 2.07. The molecule has 0 unspecified atom stereocenters. The average Bonchev–Trinajstić information content (AvgIpc) is 2.49. The first-order chi connectivity index (χ1) is 9.81. The monoisotopic (exact) mass is 310 g/mol. The molecule has 0 aliphatic carbocycles. The summed E-state index contributed by atoms with van der Waals surface area (Å²) in [6.45, 7) is 1.54. The Morgan fingerprint density at radius 2 is 1.70 bits per heavy atom. The molecule has 2 rings (SSSR count). The smallest absolute Gasteiger partial charge is 0.127 e. The van der Waals surface area contributed by atoms with E-state index in [4.69, 9.17) is 32.7 Å². The fourth-order valence-electron chi connectivity index (χ4n) is 1.84. The molecule has 0 amide bonds. The lowest BCUT2D eigenvalue weighted by atomic mass is 10.0. The highest BCUT2D eigenvalue weighted by Crippen LogP contribution is 2.32. The minimum Gasteiger partial charge on any atom is -0.491 e. The maximum Gasteiger partial charge on any atom is 0.127 e. The molecule has 0 saturated carbocycles. The van der Waals surface area contributed by atoms with Gasteiger partial charge in [-0.05, 0) is 23.8 Å². The van der Waals surface area contributed by atoms with Gasteiger partial charge in [0.1, 0.15) is 12.4 Å². The van der Waals surface area contributed by atoms with E-state index >= 15 is 0 Å². The number of alkyl halides is 1. The van der Waals surface area contributed by atoms with Crippen LogP contribution in [0, 0.1) is 0 Å². The summed E-state index contributed by atoms with van der Waals surface area (Å²) in [5.74, 6) is 1.30. The average molecular weight is 311 g/mol. The van der Waals surface area contributed by atoms with E-state index in [2.05, 4.69) is 0 Å². The van der Waals surface area contributed by atoms with Crippen LogP contribution in [0.1, 0.15) is 0 Å². The summed E-state index contributed by atoms with van der Waals surface area (Å²) in [7, 11) is 0. The van der Waals surface area contributed by atoms with E-state index in [1.807, 2.05) is 48.5 Å². The van der Waals surface area contributed by atoms with Gasteiger partial charge < -0.3 is 9.47 Å². The van der Waals surface area contributed by atoms with E-state index in [-0.39, 0.29) is 0 Å². The molecule has 0 spiro atoms. The molecule has 106 valence electrons. The second-order valence-electron chi connectivity index (χ2n) is 4.16. The topological polar surface area (TPSA) is 18.5 Å². The van der Waals surface area contributed by atoms with Crippen molar-refractivity contribution in [2.24, 2.45) is 0 Å². The van der Waals surface area contributed by atoms with Crippen LogP contribution in [0.2, 0.25) is 5.02 Å². The van der Waals surface area contributed by atoms with Gasteiger partial charge in [0.05, 0.1) is 13.2 Å². The number of ether oxygens (including phenoxy) is 2. The minimum absolute atomic E-state index is 0.484. The van der Waals surface area contributed by atoms with Crippen LogP contribution in [0.5, 0.6) is 5.75 Å². The van der Waals surface area contributed by atoms with Crippen molar-refractivity contribution < 1.29 is 9.47 Å². The summed E-state index contributed by atoms with van der Waals surface area (Å²) in [5, 5.41) is 0.689. The van der Waals surface area contributed by atoms with Crippen molar-refractivity contribution in [3.8, 4) is 16.9 Å². The van der Waals surface area contributed by atoms with Crippen molar-refractivity contribution in [1.82, 2.24) is 0 Å². The standard InChI is InChI=1S/C16H16Cl2O2/c17-8-9-19-10-11-20-16-7-6-14(18)12-15(16)13-4-2-1-3-5-13/h1-7,12H,8-11H2. The Hall–Kier alpha value is -1.22. The van der Waals surface area contributed by atoms with E-state index in [9.17, 15) is 0 Å². The Kier molecular flexibility index (Phi) is 6.19. The fourth-order valence-corrected chi connectivity index (χ4v) is 2.12. The van der Waals surface area contributed by atoms with Crippen LogP contribution in [-0.2, 0) is 4.74 Å². The zero-order valence-corrected chi connectivity index (χ0v) is 12.5. The van der Waals surface area contributed by atoms with Crippen molar-refractivity contribution in [2.45, 2.75) is 0 Å². The van der Waals surface area contributed by atoms with Crippen molar-refractivity contribution in [1.29, 1.82) is 0 Å². The first-order valence-corrected chi connectivity index (χ1v) is 7.34. The highest BCUT2D eigenvalue weighted by atomic mass is 35.5. The van der Waals surface area contributed by atoms with Crippen molar-refractivity contribution in [2.75, 3.05) is 25.7 Å². The number of hydrogen-bond acceptors (Lipinski definition) is 2. The van der Waals surface area contributed by atoms with Crippen LogP contribution in [-0.4, -0.2) is 25.7 Å². The van der Waals surface area contributed by atoms with E-state index in [1.165, 1.54) is 0 Å². The first kappa shape index (κ1) is 15.2. The van der Waals surface area contributed by atoms with Crippen LogP contribution in [0.3, 0.4) is 0 Å². The molecule has 0 N–H and O–H groups in total. The molecule has 0 saturated heterocycles. The van der Waals surface area contributed by atoms with E-state index in [1.54, 1.807) is 0 Å². The second-order valence-corrected chi connectivity index (χ2v) is 4.97. The Labute approximate surface area is 129 Å². The quantitative estimate of drug-likeness (QED) is 0.548. The van der Waals surface area contributed by atoms with E-state index in [0.717, 1.165) is 16.9 Å². The largest absolute Gasteiger partial charge is 0.491 e. The number of benzene rings is 2. The SMILES string of the molecule is ClCCOCCOc1ccc(Cl)cc1-c1ccccc1. The maximum atomic E-state index is 6.07. The van der Waals surface area contributed by atoms with Crippen molar-refractivity contribution in [3.05, 3.63) is 53.6 Å². The van der Waals surface area contributed by atoms with E-state index < -0.39 is 0 Å². The molecular formula is C16H16Cl2O2. The first-order valence-electron chi connectivity index (χ1n) is 6.43.